The molecule has 1 aromatic heterocycles. The molecule has 108 valence electrons. The number of rotatable bonds is 2. The van der Waals surface area contributed by atoms with Crippen molar-refractivity contribution in [1.29, 1.82) is 0 Å². The number of halogens is 3. The fourth-order valence-electron chi connectivity index (χ4n) is 2.37. The molecule has 1 heterocycles. The first-order chi connectivity index (χ1) is 10.0. The summed E-state index contributed by atoms with van der Waals surface area (Å²) in [5.74, 6) is -1.00. The lowest BCUT2D eigenvalue weighted by Gasteiger charge is -2.08. The molecule has 0 bridgehead atoms. The Morgan fingerprint density at radius 1 is 1.19 bits per heavy atom. The Morgan fingerprint density at radius 3 is 2.67 bits per heavy atom. The minimum atomic E-state index is -0.766. The van der Waals surface area contributed by atoms with Crippen LogP contribution >= 0.6 is 15.9 Å². The van der Waals surface area contributed by atoms with Gasteiger partial charge in [-0.15, -0.1) is 0 Å². The Labute approximate surface area is 128 Å². The first kappa shape index (κ1) is 14.0. The number of hydrogen-bond donors (Lipinski definition) is 1. The molecule has 2 aromatic carbocycles. The van der Waals surface area contributed by atoms with E-state index < -0.39 is 11.6 Å². The number of nitrogens with zero attached hydrogens (tertiary/aromatic N) is 2. The molecule has 0 fully saturated rings. The van der Waals surface area contributed by atoms with Gasteiger partial charge in [0.05, 0.1) is 22.3 Å². The lowest BCUT2D eigenvalue weighted by atomic mass is 10.1. The molecule has 3 nitrogen and oxygen atoms in total. The standard InChI is InChI=1S/C15H12BrF2N3/c1-2-21-14-4-3-8(16)5-13(14)20-15(21)9-6-12(19)11(18)7-10(9)17/h3-7H,2,19H2,1H3. The molecule has 6 heteroatoms. The SMILES string of the molecule is CCn1c(-c2cc(N)c(F)cc2F)nc2cc(Br)ccc21. The van der Waals surface area contributed by atoms with Crippen LogP contribution in [0, 0.1) is 11.6 Å². The van der Waals surface area contributed by atoms with Gasteiger partial charge in [0.15, 0.2) is 0 Å². The van der Waals surface area contributed by atoms with Gasteiger partial charge in [-0.3, -0.25) is 0 Å². The summed E-state index contributed by atoms with van der Waals surface area (Å²) < 4.78 is 30.2. The summed E-state index contributed by atoms with van der Waals surface area (Å²) in [7, 11) is 0. The molecular weight excluding hydrogens is 340 g/mol. The summed E-state index contributed by atoms with van der Waals surface area (Å²) >= 11 is 3.39. The highest BCUT2D eigenvalue weighted by Crippen LogP contribution is 2.30. The molecule has 0 aliphatic heterocycles. The number of nitrogen functional groups attached to an aromatic ring is 1. The monoisotopic (exact) mass is 351 g/mol. The summed E-state index contributed by atoms with van der Waals surface area (Å²) in [6.45, 7) is 2.56. The molecule has 0 atom stereocenters. The van der Waals surface area contributed by atoms with E-state index in [-0.39, 0.29) is 11.3 Å². The quantitative estimate of drug-likeness (QED) is 0.697. The largest absolute Gasteiger partial charge is 0.396 e. The Morgan fingerprint density at radius 2 is 1.95 bits per heavy atom. The van der Waals surface area contributed by atoms with E-state index in [2.05, 4.69) is 20.9 Å². The number of hydrogen-bond acceptors (Lipinski definition) is 2. The van der Waals surface area contributed by atoms with Gasteiger partial charge in [-0.05, 0) is 31.2 Å². The molecule has 0 radical (unpaired) electrons. The van der Waals surface area contributed by atoms with E-state index in [0.29, 0.717) is 12.4 Å². The van der Waals surface area contributed by atoms with Gasteiger partial charge in [-0.2, -0.15) is 0 Å². The van der Waals surface area contributed by atoms with Crippen molar-refractivity contribution in [2.45, 2.75) is 13.5 Å². The van der Waals surface area contributed by atoms with Crippen LogP contribution in [0.4, 0.5) is 14.5 Å². The second-order valence-electron chi connectivity index (χ2n) is 4.67. The fourth-order valence-corrected chi connectivity index (χ4v) is 2.71. The van der Waals surface area contributed by atoms with Crippen molar-refractivity contribution in [1.82, 2.24) is 9.55 Å². The minimum Gasteiger partial charge on any atom is -0.396 e. The third-order valence-corrected chi connectivity index (χ3v) is 3.85. The predicted molar refractivity (Wildman–Crippen MR) is 82.9 cm³/mol. The predicted octanol–water partition coefficient (Wildman–Crippen LogP) is 4.35. The van der Waals surface area contributed by atoms with Crippen LogP contribution in [0.5, 0.6) is 0 Å². The Hall–Kier alpha value is -1.95. The number of nitrogens with two attached hydrogens (primary N) is 1. The van der Waals surface area contributed by atoms with Crippen molar-refractivity contribution in [3.05, 3.63) is 46.4 Å². The van der Waals surface area contributed by atoms with Crippen LogP contribution in [-0.4, -0.2) is 9.55 Å². The van der Waals surface area contributed by atoms with Crippen molar-refractivity contribution in [3.63, 3.8) is 0 Å². The maximum Gasteiger partial charge on any atom is 0.149 e. The van der Waals surface area contributed by atoms with Crippen LogP contribution in [-0.2, 0) is 6.54 Å². The molecular formula is C15H12BrF2N3. The highest BCUT2D eigenvalue weighted by molar-refractivity contribution is 9.10. The molecule has 0 unspecified atom stereocenters. The van der Waals surface area contributed by atoms with Crippen LogP contribution in [0.3, 0.4) is 0 Å². The molecule has 0 aliphatic carbocycles. The third-order valence-electron chi connectivity index (χ3n) is 3.35. The molecule has 3 aromatic rings. The van der Waals surface area contributed by atoms with Gasteiger partial charge in [0.1, 0.15) is 17.5 Å². The second kappa shape index (κ2) is 5.11. The molecule has 0 spiro atoms. The van der Waals surface area contributed by atoms with Crippen LogP contribution in [0.2, 0.25) is 0 Å². The molecule has 0 amide bonds. The summed E-state index contributed by atoms with van der Waals surface area (Å²) in [6, 6.07) is 7.74. The van der Waals surface area contributed by atoms with Crippen molar-refractivity contribution >= 4 is 32.7 Å². The van der Waals surface area contributed by atoms with Crippen molar-refractivity contribution in [2.75, 3.05) is 5.73 Å². The maximum atomic E-state index is 14.1. The van der Waals surface area contributed by atoms with Crippen LogP contribution < -0.4 is 5.73 Å². The third kappa shape index (κ3) is 2.29. The zero-order chi connectivity index (χ0) is 15.1. The molecule has 2 N–H and O–H groups in total. The number of fused-ring (bicyclic) bond motifs is 1. The molecule has 3 rings (SSSR count). The highest BCUT2D eigenvalue weighted by atomic mass is 79.9. The molecule has 0 saturated carbocycles. The number of imidazole rings is 1. The summed E-state index contributed by atoms with van der Waals surface area (Å²) in [4.78, 5) is 4.46. The topological polar surface area (TPSA) is 43.8 Å². The molecule has 21 heavy (non-hydrogen) atoms. The van der Waals surface area contributed by atoms with Gasteiger partial charge < -0.3 is 10.3 Å². The highest BCUT2D eigenvalue weighted by Gasteiger charge is 2.17. The first-order valence-electron chi connectivity index (χ1n) is 6.42. The van der Waals surface area contributed by atoms with E-state index >= 15 is 0 Å². The molecule has 0 saturated heterocycles. The van der Waals surface area contributed by atoms with Gasteiger partial charge in [0.2, 0.25) is 0 Å². The number of aromatic nitrogens is 2. The number of benzene rings is 2. The summed E-state index contributed by atoms with van der Waals surface area (Å²) in [5.41, 5.74) is 7.28. The van der Waals surface area contributed by atoms with Crippen molar-refractivity contribution in [2.24, 2.45) is 0 Å². The first-order valence-corrected chi connectivity index (χ1v) is 7.21. The van der Waals surface area contributed by atoms with Gasteiger partial charge in [0.25, 0.3) is 0 Å². The fraction of sp³-hybridized carbons (Fsp3) is 0.133. The normalized spacial score (nSPS) is 11.2. The van der Waals surface area contributed by atoms with Crippen molar-refractivity contribution in [3.8, 4) is 11.4 Å². The second-order valence-corrected chi connectivity index (χ2v) is 5.58. The zero-order valence-corrected chi connectivity index (χ0v) is 12.8. The summed E-state index contributed by atoms with van der Waals surface area (Å²) in [6.07, 6.45) is 0. The average Bonchev–Trinajstić information content (AvgIpc) is 2.80. The van der Waals surface area contributed by atoms with E-state index in [4.69, 9.17) is 5.73 Å². The zero-order valence-electron chi connectivity index (χ0n) is 11.2. The Kier molecular flexibility index (Phi) is 3.41. The Bertz CT molecular complexity index is 843. The number of aryl methyl sites for hydroxylation is 1. The molecule has 0 aliphatic rings. The van der Waals surface area contributed by atoms with E-state index in [1.807, 2.05) is 29.7 Å². The van der Waals surface area contributed by atoms with Crippen LogP contribution in [0.15, 0.2) is 34.8 Å². The van der Waals surface area contributed by atoms with E-state index in [0.717, 1.165) is 21.6 Å². The average molecular weight is 352 g/mol. The lowest BCUT2D eigenvalue weighted by Crippen LogP contribution is -2.01. The van der Waals surface area contributed by atoms with E-state index in [1.54, 1.807) is 0 Å². The Balaban J connectivity index is 2.32. The van der Waals surface area contributed by atoms with Gasteiger partial charge >= 0.3 is 0 Å². The minimum absolute atomic E-state index is 0.0951. The van der Waals surface area contributed by atoms with Gasteiger partial charge in [-0.25, -0.2) is 13.8 Å². The maximum absolute atomic E-state index is 14.1. The number of anilines is 1. The van der Waals surface area contributed by atoms with E-state index in [9.17, 15) is 8.78 Å². The van der Waals surface area contributed by atoms with Gasteiger partial charge in [-0.1, -0.05) is 15.9 Å². The van der Waals surface area contributed by atoms with Crippen molar-refractivity contribution < 1.29 is 8.78 Å². The van der Waals surface area contributed by atoms with Crippen LogP contribution in [0.1, 0.15) is 6.92 Å². The van der Waals surface area contributed by atoms with Crippen LogP contribution in [0.25, 0.3) is 22.4 Å². The smallest absolute Gasteiger partial charge is 0.149 e. The lowest BCUT2D eigenvalue weighted by molar-refractivity contribution is 0.587. The summed E-state index contributed by atoms with van der Waals surface area (Å²) in [5, 5.41) is 0. The van der Waals surface area contributed by atoms with E-state index in [1.165, 1.54) is 6.07 Å². The van der Waals surface area contributed by atoms with Gasteiger partial charge in [0, 0.05) is 17.1 Å².